The highest BCUT2D eigenvalue weighted by atomic mass is 19.1. The summed E-state index contributed by atoms with van der Waals surface area (Å²) in [6.45, 7) is 3.03. The van der Waals surface area contributed by atoms with Crippen molar-refractivity contribution in [2.45, 2.75) is 13.8 Å². The number of nitrogens with one attached hydrogen (secondary N) is 1. The van der Waals surface area contributed by atoms with E-state index >= 15 is 0 Å². The van der Waals surface area contributed by atoms with Crippen molar-refractivity contribution in [1.82, 2.24) is 0 Å². The Kier molecular flexibility index (Phi) is 2.96. The van der Waals surface area contributed by atoms with Gasteiger partial charge in [-0.2, -0.15) is 0 Å². The van der Waals surface area contributed by atoms with Gasteiger partial charge in [-0.3, -0.25) is 9.59 Å². The van der Waals surface area contributed by atoms with Crippen molar-refractivity contribution >= 4 is 17.9 Å². The monoisotopic (exact) mass is 195 g/mol. The second-order valence-corrected chi connectivity index (χ2v) is 2.99. The minimum atomic E-state index is -0.630. The van der Waals surface area contributed by atoms with E-state index in [0.717, 1.165) is 6.07 Å². The van der Waals surface area contributed by atoms with E-state index in [1.165, 1.54) is 13.0 Å². The van der Waals surface area contributed by atoms with E-state index < -0.39 is 5.82 Å². The van der Waals surface area contributed by atoms with Gasteiger partial charge in [-0.05, 0) is 24.6 Å². The van der Waals surface area contributed by atoms with Gasteiger partial charge in [-0.1, -0.05) is 0 Å². The van der Waals surface area contributed by atoms with Crippen LogP contribution in [0.4, 0.5) is 10.1 Å². The van der Waals surface area contributed by atoms with Gasteiger partial charge in [0.15, 0.2) is 6.29 Å². The number of aryl methyl sites for hydroxylation is 1. The number of anilines is 1. The van der Waals surface area contributed by atoms with E-state index in [2.05, 4.69) is 5.32 Å². The molecule has 1 rings (SSSR count). The molecule has 1 amide bonds. The van der Waals surface area contributed by atoms with Gasteiger partial charge in [0, 0.05) is 12.6 Å². The smallest absolute Gasteiger partial charge is 0.221 e. The predicted molar refractivity (Wildman–Crippen MR) is 50.8 cm³/mol. The summed E-state index contributed by atoms with van der Waals surface area (Å²) in [5.74, 6) is -0.902. The van der Waals surface area contributed by atoms with Crippen LogP contribution < -0.4 is 5.32 Å². The maximum Gasteiger partial charge on any atom is 0.221 e. The van der Waals surface area contributed by atoms with Gasteiger partial charge in [-0.15, -0.1) is 0 Å². The highest BCUT2D eigenvalue weighted by molar-refractivity contribution is 5.90. The van der Waals surface area contributed by atoms with E-state index in [0.29, 0.717) is 17.5 Å². The van der Waals surface area contributed by atoms with Crippen molar-refractivity contribution < 1.29 is 14.0 Å². The van der Waals surface area contributed by atoms with E-state index in [4.69, 9.17) is 0 Å². The van der Waals surface area contributed by atoms with Crippen LogP contribution in [-0.4, -0.2) is 12.2 Å². The summed E-state index contributed by atoms with van der Waals surface area (Å²) in [4.78, 5) is 21.1. The molecule has 0 radical (unpaired) electrons. The van der Waals surface area contributed by atoms with Crippen LogP contribution >= 0.6 is 0 Å². The fourth-order valence-electron chi connectivity index (χ4n) is 1.12. The van der Waals surface area contributed by atoms with Crippen LogP contribution in [0.15, 0.2) is 12.1 Å². The third kappa shape index (κ3) is 2.16. The van der Waals surface area contributed by atoms with Crippen LogP contribution in [0.25, 0.3) is 0 Å². The standard InChI is InChI=1S/C10H10FNO2/c1-6-3-8(5-13)9(11)4-10(6)12-7(2)14/h3-5H,1-2H3,(H,12,14). The Morgan fingerprint density at radius 1 is 1.50 bits per heavy atom. The molecule has 1 aromatic rings. The van der Waals surface area contributed by atoms with Gasteiger partial charge in [0.05, 0.1) is 5.56 Å². The average molecular weight is 195 g/mol. The van der Waals surface area contributed by atoms with Crippen LogP contribution in [0.3, 0.4) is 0 Å². The largest absolute Gasteiger partial charge is 0.326 e. The molecule has 1 N–H and O–H groups in total. The van der Waals surface area contributed by atoms with Crippen LogP contribution in [0.2, 0.25) is 0 Å². The van der Waals surface area contributed by atoms with Crippen LogP contribution in [0.1, 0.15) is 22.8 Å². The number of carbonyl (C=O) groups is 2. The van der Waals surface area contributed by atoms with Crippen LogP contribution in [0.5, 0.6) is 0 Å². The SMILES string of the molecule is CC(=O)Nc1cc(F)c(C=O)cc1C. The zero-order chi connectivity index (χ0) is 10.7. The minimum Gasteiger partial charge on any atom is -0.326 e. The summed E-state index contributed by atoms with van der Waals surface area (Å²) in [5.41, 5.74) is 1.04. The lowest BCUT2D eigenvalue weighted by Gasteiger charge is -2.07. The molecule has 4 heteroatoms. The molecule has 0 aliphatic rings. The van der Waals surface area contributed by atoms with Crippen molar-refractivity contribution in [3.8, 4) is 0 Å². The number of rotatable bonds is 2. The third-order valence-corrected chi connectivity index (χ3v) is 1.78. The first-order chi connectivity index (χ1) is 6.54. The summed E-state index contributed by atoms with van der Waals surface area (Å²) in [6, 6.07) is 2.54. The summed E-state index contributed by atoms with van der Waals surface area (Å²) >= 11 is 0. The first kappa shape index (κ1) is 10.4. The van der Waals surface area contributed by atoms with Gasteiger partial charge in [0.1, 0.15) is 5.82 Å². The Labute approximate surface area is 80.9 Å². The minimum absolute atomic E-state index is 0.00315. The molecule has 0 atom stereocenters. The highest BCUT2D eigenvalue weighted by Gasteiger charge is 2.07. The first-order valence-corrected chi connectivity index (χ1v) is 4.07. The molecule has 0 heterocycles. The zero-order valence-electron chi connectivity index (χ0n) is 7.93. The Bertz CT molecular complexity index is 388. The normalized spacial score (nSPS) is 9.64. The summed E-state index contributed by atoms with van der Waals surface area (Å²) < 4.78 is 13.1. The molecule has 1 aromatic carbocycles. The van der Waals surface area contributed by atoms with Gasteiger partial charge in [0.25, 0.3) is 0 Å². The molecule has 0 aliphatic heterocycles. The average Bonchev–Trinajstić information content (AvgIpc) is 2.10. The molecule has 0 aromatic heterocycles. The van der Waals surface area contributed by atoms with E-state index in [1.54, 1.807) is 6.92 Å². The summed E-state index contributed by atoms with van der Waals surface area (Å²) in [5, 5.41) is 2.47. The molecule has 0 fully saturated rings. The lowest BCUT2D eigenvalue weighted by Crippen LogP contribution is -2.08. The number of benzene rings is 1. The summed E-state index contributed by atoms with van der Waals surface area (Å²) in [6.07, 6.45) is 0.444. The Balaban J connectivity index is 3.14. The summed E-state index contributed by atoms with van der Waals surface area (Å²) in [7, 11) is 0. The Morgan fingerprint density at radius 3 is 2.64 bits per heavy atom. The maximum absolute atomic E-state index is 13.1. The molecule has 0 spiro atoms. The van der Waals surface area contributed by atoms with Crippen LogP contribution in [-0.2, 0) is 4.79 Å². The molecule has 74 valence electrons. The number of hydrogen-bond donors (Lipinski definition) is 1. The molecular formula is C10H10FNO2. The first-order valence-electron chi connectivity index (χ1n) is 4.07. The molecule has 3 nitrogen and oxygen atoms in total. The lowest BCUT2D eigenvalue weighted by molar-refractivity contribution is -0.114. The van der Waals surface area contributed by atoms with Crippen molar-refractivity contribution in [2.75, 3.05) is 5.32 Å². The van der Waals surface area contributed by atoms with E-state index in [9.17, 15) is 14.0 Å². The zero-order valence-corrected chi connectivity index (χ0v) is 7.93. The van der Waals surface area contributed by atoms with Crippen molar-refractivity contribution in [1.29, 1.82) is 0 Å². The fourth-order valence-corrected chi connectivity index (χ4v) is 1.12. The van der Waals surface area contributed by atoms with Gasteiger partial charge in [0.2, 0.25) is 5.91 Å². The Hall–Kier alpha value is -1.71. The number of aldehydes is 1. The van der Waals surface area contributed by atoms with Gasteiger partial charge >= 0.3 is 0 Å². The molecule has 0 aliphatic carbocycles. The number of hydrogen-bond acceptors (Lipinski definition) is 2. The molecule has 0 bridgehead atoms. The molecule has 0 saturated heterocycles. The highest BCUT2D eigenvalue weighted by Crippen LogP contribution is 2.18. The van der Waals surface area contributed by atoms with Gasteiger partial charge < -0.3 is 5.32 Å². The van der Waals surface area contributed by atoms with E-state index in [1.807, 2.05) is 0 Å². The van der Waals surface area contributed by atoms with Crippen molar-refractivity contribution in [2.24, 2.45) is 0 Å². The molecule has 0 saturated carbocycles. The second-order valence-electron chi connectivity index (χ2n) is 2.99. The number of carbonyl (C=O) groups excluding carboxylic acids is 2. The van der Waals surface area contributed by atoms with Crippen molar-refractivity contribution in [3.05, 3.63) is 29.1 Å². The molecule has 14 heavy (non-hydrogen) atoms. The quantitative estimate of drug-likeness (QED) is 0.732. The third-order valence-electron chi connectivity index (χ3n) is 1.78. The van der Waals surface area contributed by atoms with Crippen LogP contribution in [0, 0.1) is 12.7 Å². The molecular weight excluding hydrogens is 185 g/mol. The topological polar surface area (TPSA) is 46.2 Å². The van der Waals surface area contributed by atoms with Gasteiger partial charge in [-0.25, -0.2) is 4.39 Å². The maximum atomic E-state index is 13.1. The second kappa shape index (κ2) is 4.00. The number of amides is 1. The lowest BCUT2D eigenvalue weighted by atomic mass is 10.1. The Morgan fingerprint density at radius 2 is 2.14 bits per heavy atom. The molecule has 0 unspecified atom stereocenters. The number of halogens is 1. The van der Waals surface area contributed by atoms with Crippen molar-refractivity contribution in [3.63, 3.8) is 0 Å². The van der Waals surface area contributed by atoms with E-state index in [-0.39, 0.29) is 11.5 Å². The predicted octanol–water partition coefficient (Wildman–Crippen LogP) is 1.91. The fraction of sp³-hybridized carbons (Fsp3) is 0.200.